The number of rotatable bonds is 6. The summed E-state index contributed by atoms with van der Waals surface area (Å²) in [6.45, 7) is 2.76. The molecule has 1 atom stereocenters. The molecule has 1 fully saturated rings. The Bertz CT molecular complexity index is 587. The van der Waals surface area contributed by atoms with E-state index in [0.29, 0.717) is 11.5 Å². The van der Waals surface area contributed by atoms with Crippen molar-refractivity contribution in [3.05, 3.63) is 17.0 Å². The van der Waals surface area contributed by atoms with E-state index in [0.717, 1.165) is 24.2 Å². The van der Waals surface area contributed by atoms with Crippen molar-refractivity contribution >= 4 is 27.3 Å². The third kappa shape index (κ3) is 3.78. The molecule has 6 nitrogen and oxygen atoms in total. The number of sulfonamides is 1. The highest BCUT2D eigenvalue weighted by Crippen LogP contribution is 2.26. The van der Waals surface area contributed by atoms with Crippen LogP contribution in [-0.2, 0) is 26.0 Å². The summed E-state index contributed by atoms with van der Waals surface area (Å²) in [6, 6.07) is 2.96. The average Bonchev–Trinajstić information content (AvgIpc) is 2.97. The van der Waals surface area contributed by atoms with Crippen molar-refractivity contribution in [1.82, 2.24) is 4.72 Å². The first kappa shape index (κ1) is 15.4. The summed E-state index contributed by atoms with van der Waals surface area (Å²) in [5.41, 5.74) is -0.450. The topological polar surface area (TPSA) is 92.7 Å². The van der Waals surface area contributed by atoms with Gasteiger partial charge in [0.1, 0.15) is 4.21 Å². The molecule has 1 saturated heterocycles. The first-order chi connectivity index (χ1) is 9.31. The van der Waals surface area contributed by atoms with Gasteiger partial charge in [-0.3, -0.25) is 4.79 Å². The monoisotopic (exact) mass is 319 g/mol. The highest BCUT2D eigenvalue weighted by Gasteiger charge is 2.31. The molecular weight excluding hydrogens is 302 g/mol. The second-order valence-corrected chi connectivity index (χ2v) is 8.18. The fourth-order valence-corrected chi connectivity index (χ4v) is 4.59. The van der Waals surface area contributed by atoms with Gasteiger partial charge in [-0.25, -0.2) is 13.1 Å². The van der Waals surface area contributed by atoms with Gasteiger partial charge in [0.15, 0.2) is 0 Å². The van der Waals surface area contributed by atoms with Gasteiger partial charge in [0.05, 0.1) is 12.0 Å². The van der Waals surface area contributed by atoms with Crippen LogP contribution < -0.4 is 4.72 Å². The molecule has 2 N–H and O–H groups in total. The Labute approximate surface area is 121 Å². The second kappa shape index (κ2) is 5.80. The zero-order valence-corrected chi connectivity index (χ0v) is 12.7. The summed E-state index contributed by atoms with van der Waals surface area (Å²) in [4.78, 5) is 11.1. The maximum absolute atomic E-state index is 12.1. The quantitative estimate of drug-likeness (QED) is 0.822. The Hall–Kier alpha value is -0.960. The lowest BCUT2D eigenvalue weighted by atomic mass is 10.0. The van der Waals surface area contributed by atoms with Crippen LogP contribution in [0.4, 0.5) is 0 Å². The summed E-state index contributed by atoms with van der Waals surface area (Å²) in [5.74, 6) is -0.976. The van der Waals surface area contributed by atoms with Crippen molar-refractivity contribution in [2.24, 2.45) is 0 Å². The minimum Gasteiger partial charge on any atom is -0.481 e. The van der Waals surface area contributed by atoms with Crippen molar-refractivity contribution in [2.45, 2.75) is 36.0 Å². The summed E-state index contributed by atoms with van der Waals surface area (Å²) >= 11 is 0.977. The minimum absolute atomic E-state index is 0.135. The van der Waals surface area contributed by atoms with E-state index in [4.69, 9.17) is 9.84 Å². The molecule has 1 aliphatic rings. The lowest BCUT2D eigenvalue weighted by Crippen LogP contribution is -2.39. The third-order valence-electron chi connectivity index (χ3n) is 3.16. The van der Waals surface area contributed by atoms with Gasteiger partial charge in [0.2, 0.25) is 10.0 Å². The summed E-state index contributed by atoms with van der Waals surface area (Å²) in [7, 11) is -3.61. The largest absolute Gasteiger partial charge is 0.481 e. The molecule has 0 radical (unpaired) electrons. The number of aliphatic carboxylic acids is 1. The number of carboxylic acids is 1. The van der Waals surface area contributed by atoms with Gasteiger partial charge in [0.25, 0.3) is 0 Å². The van der Waals surface area contributed by atoms with Gasteiger partial charge in [0, 0.05) is 18.0 Å². The van der Waals surface area contributed by atoms with Crippen LogP contribution in [0.15, 0.2) is 16.3 Å². The second-order valence-electron chi connectivity index (χ2n) is 5.02. The molecule has 1 aromatic rings. The molecule has 0 saturated carbocycles. The normalized spacial score (nSPS) is 23.1. The summed E-state index contributed by atoms with van der Waals surface area (Å²) in [5, 5.41) is 8.68. The molecule has 2 heterocycles. The summed E-state index contributed by atoms with van der Waals surface area (Å²) in [6.07, 6.45) is 1.59. The fraction of sp³-hybridized carbons (Fsp3) is 0.583. The molecule has 0 bridgehead atoms. The zero-order valence-electron chi connectivity index (χ0n) is 11.1. The molecule has 0 amide bonds. The molecule has 1 unspecified atom stereocenters. The molecular formula is C12H17NO5S2. The van der Waals surface area contributed by atoms with E-state index in [1.54, 1.807) is 0 Å². The maximum atomic E-state index is 12.1. The van der Waals surface area contributed by atoms with E-state index in [-0.39, 0.29) is 17.2 Å². The third-order valence-corrected chi connectivity index (χ3v) is 6.14. The molecule has 0 aliphatic carbocycles. The minimum atomic E-state index is -3.61. The molecule has 1 aliphatic heterocycles. The highest BCUT2D eigenvalue weighted by atomic mass is 32.2. The Morgan fingerprint density at radius 3 is 2.90 bits per heavy atom. The predicted molar refractivity (Wildman–Crippen MR) is 74.4 cm³/mol. The fourth-order valence-electron chi connectivity index (χ4n) is 2.04. The van der Waals surface area contributed by atoms with E-state index in [9.17, 15) is 13.2 Å². The van der Waals surface area contributed by atoms with Crippen LogP contribution in [0.3, 0.4) is 0 Å². The van der Waals surface area contributed by atoms with E-state index in [1.165, 1.54) is 12.1 Å². The van der Waals surface area contributed by atoms with Crippen LogP contribution in [0.1, 0.15) is 24.6 Å². The van der Waals surface area contributed by atoms with Crippen LogP contribution in [0.25, 0.3) is 0 Å². The van der Waals surface area contributed by atoms with Gasteiger partial charge < -0.3 is 9.84 Å². The number of carboxylic acid groups (broad SMARTS) is 1. The van der Waals surface area contributed by atoms with Gasteiger partial charge >= 0.3 is 5.97 Å². The average molecular weight is 319 g/mol. The Balaban J connectivity index is 2.02. The smallest absolute Gasteiger partial charge is 0.308 e. The highest BCUT2D eigenvalue weighted by molar-refractivity contribution is 7.91. The number of hydrogen-bond donors (Lipinski definition) is 2. The molecule has 8 heteroatoms. The zero-order chi connectivity index (χ0) is 14.8. The van der Waals surface area contributed by atoms with E-state index >= 15 is 0 Å². The Morgan fingerprint density at radius 1 is 1.55 bits per heavy atom. The first-order valence-corrected chi connectivity index (χ1v) is 8.55. The molecule has 0 aromatic carbocycles. The lowest BCUT2D eigenvalue weighted by molar-refractivity contribution is -0.136. The van der Waals surface area contributed by atoms with E-state index in [1.807, 2.05) is 6.92 Å². The van der Waals surface area contributed by atoms with Crippen molar-refractivity contribution in [3.63, 3.8) is 0 Å². The van der Waals surface area contributed by atoms with Gasteiger partial charge in [-0.05, 0) is 31.9 Å². The van der Waals surface area contributed by atoms with Crippen LogP contribution in [-0.4, -0.2) is 38.2 Å². The Morgan fingerprint density at radius 2 is 2.30 bits per heavy atom. The molecule has 112 valence electrons. The van der Waals surface area contributed by atoms with Crippen LogP contribution in [0.2, 0.25) is 0 Å². The van der Waals surface area contributed by atoms with Crippen LogP contribution in [0.5, 0.6) is 0 Å². The summed E-state index contributed by atoms with van der Waals surface area (Å²) < 4.78 is 32.5. The SMILES string of the molecule is CC1(CNS(=O)(=O)c2ccc(CC(=O)O)s2)CCCO1. The van der Waals surface area contributed by atoms with Gasteiger partial charge in [-0.1, -0.05) is 0 Å². The maximum Gasteiger partial charge on any atom is 0.308 e. The molecule has 1 aromatic heterocycles. The van der Waals surface area contributed by atoms with E-state index in [2.05, 4.69) is 4.72 Å². The van der Waals surface area contributed by atoms with Crippen molar-refractivity contribution in [1.29, 1.82) is 0 Å². The lowest BCUT2D eigenvalue weighted by Gasteiger charge is -2.22. The Kier molecular flexibility index (Phi) is 4.48. The van der Waals surface area contributed by atoms with Gasteiger partial charge in [-0.2, -0.15) is 0 Å². The number of nitrogens with one attached hydrogen (secondary N) is 1. The molecule has 0 spiro atoms. The van der Waals surface area contributed by atoms with Crippen molar-refractivity contribution in [2.75, 3.05) is 13.2 Å². The van der Waals surface area contributed by atoms with E-state index < -0.39 is 21.6 Å². The van der Waals surface area contributed by atoms with Crippen molar-refractivity contribution in [3.8, 4) is 0 Å². The number of ether oxygens (including phenoxy) is 1. The number of thiophene rings is 1. The van der Waals surface area contributed by atoms with Crippen LogP contribution in [0, 0.1) is 0 Å². The van der Waals surface area contributed by atoms with Crippen molar-refractivity contribution < 1.29 is 23.1 Å². The first-order valence-electron chi connectivity index (χ1n) is 6.25. The van der Waals surface area contributed by atoms with Gasteiger partial charge in [-0.15, -0.1) is 11.3 Å². The molecule has 20 heavy (non-hydrogen) atoms. The predicted octanol–water partition coefficient (Wildman–Crippen LogP) is 1.22. The number of carbonyl (C=O) groups is 1. The standard InChI is InChI=1S/C12H17NO5S2/c1-12(5-2-6-18-12)8-13-20(16,17)11-4-3-9(19-11)7-10(14)15/h3-4,13H,2,5-8H2,1H3,(H,14,15). The number of hydrogen-bond acceptors (Lipinski definition) is 5. The van der Waals surface area contributed by atoms with Crippen LogP contribution >= 0.6 is 11.3 Å². The molecule has 2 rings (SSSR count).